The van der Waals surface area contributed by atoms with E-state index in [1.165, 1.54) is 24.0 Å². The molecule has 0 bridgehead atoms. The Hall–Kier alpha value is -1.55. The van der Waals surface area contributed by atoms with Crippen molar-refractivity contribution in [3.8, 4) is 0 Å². The molecule has 4 nitrogen and oxygen atoms in total. The van der Waals surface area contributed by atoms with Crippen molar-refractivity contribution in [1.29, 1.82) is 0 Å². The molecule has 2 aliphatic heterocycles. The molecule has 2 saturated heterocycles. The Morgan fingerprint density at radius 2 is 1.92 bits per heavy atom. The molecule has 3 rings (SSSR count). The van der Waals surface area contributed by atoms with Crippen LogP contribution in [-0.4, -0.2) is 50.3 Å². The van der Waals surface area contributed by atoms with Crippen LogP contribution in [0, 0.1) is 12.8 Å². The molecule has 0 aliphatic carbocycles. The molecule has 2 fully saturated rings. The average Bonchev–Trinajstić information content (AvgIpc) is 2.67. The van der Waals surface area contributed by atoms with Crippen LogP contribution in [0.5, 0.6) is 0 Å². The van der Waals surface area contributed by atoms with E-state index in [-0.39, 0.29) is 5.41 Å². The monoisotopic (exact) mass is 357 g/mol. The molecule has 144 valence electrons. The Labute approximate surface area is 159 Å². The summed E-state index contributed by atoms with van der Waals surface area (Å²) < 4.78 is 5.69. The van der Waals surface area contributed by atoms with Crippen LogP contribution in [0.15, 0.2) is 29.3 Å². The Balaban J connectivity index is 1.83. The van der Waals surface area contributed by atoms with E-state index in [4.69, 9.17) is 9.73 Å². The van der Waals surface area contributed by atoms with Crippen molar-refractivity contribution < 1.29 is 4.74 Å². The zero-order valence-corrected chi connectivity index (χ0v) is 16.8. The largest absolute Gasteiger partial charge is 0.381 e. The third-order valence-electron chi connectivity index (χ3n) is 6.12. The fraction of sp³-hybridized carbons (Fsp3) is 0.682. The van der Waals surface area contributed by atoms with Crippen molar-refractivity contribution in [2.24, 2.45) is 10.9 Å². The number of aryl methyl sites for hydroxylation is 1. The lowest BCUT2D eigenvalue weighted by atomic mass is 9.72. The third kappa shape index (κ3) is 4.40. The number of guanidine groups is 1. The minimum absolute atomic E-state index is 0.105. The zero-order chi connectivity index (χ0) is 18.4. The highest BCUT2D eigenvalue weighted by Gasteiger charge is 2.35. The van der Waals surface area contributed by atoms with Crippen LogP contribution >= 0.6 is 0 Å². The van der Waals surface area contributed by atoms with E-state index in [1.54, 1.807) is 0 Å². The molecule has 1 aromatic carbocycles. The molecule has 26 heavy (non-hydrogen) atoms. The van der Waals surface area contributed by atoms with Crippen LogP contribution < -0.4 is 5.32 Å². The minimum Gasteiger partial charge on any atom is -0.381 e. The fourth-order valence-electron chi connectivity index (χ4n) is 4.32. The van der Waals surface area contributed by atoms with Crippen molar-refractivity contribution in [3.05, 3.63) is 35.4 Å². The molecule has 1 N–H and O–H groups in total. The van der Waals surface area contributed by atoms with Gasteiger partial charge >= 0.3 is 0 Å². The highest BCUT2D eigenvalue weighted by Crippen LogP contribution is 2.37. The summed E-state index contributed by atoms with van der Waals surface area (Å²) in [5.41, 5.74) is 2.93. The van der Waals surface area contributed by atoms with Crippen molar-refractivity contribution in [1.82, 2.24) is 10.2 Å². The molecular formula is C22H35N3O. The molecule has 2 heterocycles. The molecule has 4 heteroatoms. The molecule has 0 atom stereocenters. The van der Waals surface area contributed by atoms with Crippen molar-refractivity contribution in [2.45, 2.75) is 51.9 Å². The molecule has 0 aromatic heterocycles. The summed E-state index contributed by atoms with van der Waals surface area (Å²) in [6.45, 7) is 12.4. The summed E-state index contributed by atoms with van der Waals surface area (Å²) >= 11 is 0. The lowest BCUT2D eigenvalue weighted by Crippen LogP contribution is -2.46. The first-order valence-electron chi connectivity index (χ1n) is 10.3. The number of hydrogen-bond acceptors (Lipinski definition) is 2. The first-order valence-corrected chi connectivity index (χ1v) is 10.3. The predicted molar refractivity (Wildman–Crippen MR) is 109 cm³/mol. The zero-order valence-electron chi connectivity index (χ0n) is 16.8. The lowest BCUT2D eigenvalue weighted by molar-refractivity contribution is 0.0528. The van der Waals surface area contributed by atoms with E-state index < -0.39 is 0 Å². The normalized spacial score (nSPS) is 21.7. The average molecular weight is 358 g/mol. The van der Waals surface area contributed by atoms with Gasteiger partial charge in [-0.1, -0.05) is 31.2 Å². The summed E-state index contributed by atoms with van der Waals surface area (Å²) in [5.74, 6) is 1.93. The number of rotatable bonds is 4. The first-order chi connectivity index (χ1) is 12.6. The maximum absolute atomic E-state index is 5.69. The molecule has 0 saturated carbocycles. The van der Waals surface area contributed by atoms with Gasteiger partial charge in [0.05, 0.1) is 6.54 Å². The van der Waals surface area contributed by atoms with E-state index in [2.05, 4.69) is 55.3 Å². The van der Waals surface area contributed by atoms with Crippen molar-refractivity contribution >= 4 is 5.96 Å². The second-order valence-corrected chi connectivity index (χ2v) is 8.05. The Kier molecular flexibility index (Phi) is 6.58. The number of piperidine rings is 1. The van der Waals surface area contributed by atoms with E-state index in [0.717, 1.165) is 64.1 Å². The number of nitrogens with one attached hydrogen (secondary N) is 1. The van der Waals surface area contributed by atoms with Gasteiger partial charge in [0.15, 0.2) is 5.96 Å². The lowest BCUT2D eigenvalue weighted by Gasteiger charge is -2.38. The molecule has 2 aliphatic rings. The van der Waals surface area contributed by atoms with Crippen LogP contribution in [0.3, 0.4) is 0 Å². The number of aliphatic imine (C=N–C) groups is 1. The van der Waals surface area contributed by atoms with Gasteiger partial charge < -0.3 is 15.0 Å². The van der Waals surface area contributed by atoms with E-state index >= 15 is 0 Å². The minimum atomic E-state index is 0.105. The number of hydrogen-bond donors (Lipinski definition) is 1. The standard InChI is InChI=1S/C22H35N3O/c1-4-23-21(25-13-9-18(2)10-14-25)24-17-22(11-15-26-16-12-22)20-8-6-5-7-19(20)3/h5-8,18H,4,9-17H2,1-3H3,(H,23,24). The van der Waals surface area contributed by atoms with Gasteiger partial charge in [0.2, 0.25) is 0 Å². The highest BCUT2D eigenvalue weighted by molar-refractivity contribution is 5.80. The Morgan fingerprint density at radius 1 is 1.23 bits per heavy atom. The topological polar surface area (TPSA) is 36.9 Å². The van der Waals surface area contributed by atoms with E-state index in [9.17, 15) is 0 Å². The molecule has 0 radical (unpaired) electrons. The van der Waals surface area contributed by atoms with Crippen LogP contribution in [-0.2, 0) is 10.2 Å². The van der Waals surface area contributed by atoms with Crippen LogP contribution in [0.25, 0.3) is 0 Å². The number of benzene rings is 1. The second kappa shape index (κ2) is 8.90. The predicted octanol–water partition coefficient (Wildman–Crippen LogP) is 3.74. The third-order valence-corrected chi connectivity index (χ3v) is 6.12. The van der Waals surface area contributed by atoms with Gasteiger partial charge in [0.1, 0.15) is 0 Å². The van der Waals surface area contributed by atoms with Crippen LogP contribution in [0.2, 0.25) is 0 Å². The van der Waals surface area contributed by atoms with Gasteiger partial charge in [-0.05, 0) is 56.6 Å². The van der Waals surface area contributed by atoms with Gasteiger partial charge in [-0.15, -0.1) is 0 Å². The maximum atomic E-state index is 5.69. The highest BCUT2D eigenvalue weighted by atomic mass is 16.5. The summed E-state index contributed by atoms with van der Waals surface area (Å²) in [6.07, 6.45) is 4.64. The second-order valence-electron chi connectivity index (χ2n) is 8.05. The van der Waals surface area contributed by atoms with Gasteiger partial charge in [0.25, 0.3) is 0 Å². The van der Waals surface area contributed by atoms with Crippen molar-refractivity contribution in [3.63, 3.8) is 0 Å². The van der Waals surface area contributed by atoms with E-state index in [1.807, 2.05) is 0 Å². The number of likely N-dealkylation sites (tertiary alicyclic amines) is 1. The smallest absolute Gasteiger partial charge is 0.193 e. The quantitative estimate of drug-likeness (QED) is 0.659. The van der Waals surface area contributed by atoms with Gasteiger partial charge in [0, 0.05) is 38.3 Å². The van der Waals surface area contributed by atoms with Crippen LogP contribution in [0.1, 0.15) is 50.7 Å². The molecular weight excluding hydrogens is 322 g/mol. The fourth-order valence-corrected chi connectivity index (χ4v) is 4.32. The van der Waals surface area contributed by atoms with Gasteiger partial charge in [-0.25, -0.2) is 0 Å². The summed E-state index contributed by atoms with van der Waals surface area (Å²) in [6, 6.07) is 8.83. The Morgan fingerprint density at radius 3 is 2.58 bits per heavy atom. The summed E-state index contributed by atoms with van der Waals surface area (Å²) in [7, 11) is 0. The van der Waals surface area contributed by atoms with Crippen LogP contribution in [0.4, 0.5) is 0 Å². The van der Waals surface area contributed by atoms with Gasteiger partial charge in [-0.2, -0.15) is 0 Å². The SMILES string of the molecule is CCNC(=NCC1(c2ccccc2C)CCOCC1)N1CCC(C)CC1. The maximum Gasteiger partial charge on any atom is 0.193 e. The Bertz CT molecular complexity index is 599. The molecule has 1 aromatic rings. The number of ether oxygens (including phenoxy) is 1. The molecule has 0 unspecified atom stereocenters. The number of nitrogens with zero attached hydrogens (tertiary/aromatic N) is 2. The van der Waals surface area contributed by atoms with Gasteiger partial charge in [-0.3, -0.25) is 4.99 Å². The molecule has 0 amide bonds. The first kappa shape index (κ1) is 19.2. The summed E-state index contributed by atoms with van der Waals surface area (Å²) in [5, 5.41) is 3.53. The van der Waals surface area contributed by atoms with Crippen molar-refractivity contribution in [2.75, 3.05) is 39.4 Å². The molecule has 0 spiro atoms. The summed E-state index contributed by atoms with van der Waals surface area (Å²) in [4.78, 5) is 7.60. The van der Waals surface area contributed by atoms with E-state index in [0.29, 0.717) is 0 Å².